The van der Waals surface area contributed by atoms with Gasteiger partial charge in [0.25, 0.3) is 0 Å². The summed E-state index contributed by atoms with van der Waals surface area (Å²) in [5.74, 6) is 0.891. The second kappa shape index (κ2) is 6.10. The van der Waals surface area contributed by atoms with Crippen molar-refractivity contribution in [3.8, 4) is 0 Å². The van der Waals surface area contributed by atoms with Gasteiger partial charge in [0.05, 0.1) is 5.60 Å². The van der Waals surface area contributed by atoms with Gasteiger partial charge in [0, 0.05) is 18.5 Å². The Bertz CT molecular complexity index is 478. The summed E-state index contributed by atoms with van der Waals surface area (Å²) < 4.78 is 0. The van der Waals surface area contributed by atoms with Crippen LogP contribution in [-0.4, -0.2) is 17.3 Å². The van der Waals surface area contributed by atoms with Crippen molar-refractivity contribution in [3.63, 3.8) is 0 Å². The highest BCUT2D eigenvalue weighted by molar-refractivity contribution is 5.38. The van der Waals surface area contributed by atoms with Crippen molar-refractivity contribution in [2.24, 2.45) is 5.92 Å². The van der Waals surface area contributed by atoms with Gasteiger partial charge in [-0.3, -0.25) is 0 Å². The van der Waals surface area contributed by atoms with Crippen molar-refractivity contribution < 1.29 is 5.11 Å². The Kier molecular flexibility index (Phi) is 4.37. The molecule has 0 spiro atoms. The summed E-state index contributed by atoms with van der Waals surface area (Å²) >= 11 is 0. The van der Waals surface area contributed by atoms with Crippen molar-refractivity contribution in [3.05, 3.63) is 35.4 Å². The minimum Gasteiger partial charge on any atom is -0.389 e. The van der Waals surface area contributed by atoms with Gasteiger partial charge in [-0.2, -0.15) is 0 Å². The van der Waals surface area contributed by atoms with Gasteiger partial charge in [-0.15, -0.1) is 0 Å². The molecule has 1 saturated carbocycles. The molecule has 0 aromatic heterocycles. The van der Waals surface area contributed by atoms with E-state index in [4.69, 9.17) is 0 Å². The van der Waals surface area contributed by atoms with E-state index in [-0.39, 0.29) is 5.92 Å². The van der Waals surface area contributed by atoms with Crippen molar-refractivity contribution in [2.75, 3.05) is 6.54 Å². The molecular formula is C19H29NO. The fourth-order valence-corrected chi connectivity index (χ4v) is 4.31. The van der Waals surface area contributed by atoms with E-state index in [2.05, 4.69) is 43.4 Å². The smallest absolute Gasteiger partial charge is 0.0728 e. The molecule has 1 heterocycles. The van der Waals surface area contributed by atoms with Crippen LogP contribution in [0.5, 0.6) is 0 Å². The van der Waals surface area contributed by atoms with E-state index < -0.39 is 5.60 Å². The van der Waals surface area contributed by atoms with Crippen LogP contribution < -0.4 is 5.32 Å². The van der Waals surface area contributed by atoms with Crippen LogP contribution in [0.15, 0.2) is 24.3 Å². The highest BCUT2D eigenvalue weighted by atomic mass is 16.3. The molecule has 2 aliphatic rings. The summed E-state index contributed by atoms with van der Waals surface area (Å²) in [4.78, 5) is 0. The summed E-state index contributed by atoms with van der Waals surface area (Å²) in [6, 6.07) is 9.23. The van der Waals surface area contributed by atoms with Crippen molar-refractivity contribution in [2.45, 2.75) is 69.9 Å². The molecule has 1 aliphatic carbocycles. The van der Waals surface area contributed by atoms with Crippen LogP contribution in [0.3, 0.4) is 0 Å². The molecular weight excluding hydrogens is 258 g/mol. The minimum atomic E-state index is -0.498. The van der Waals surface area contributed by atoms with Crippen LogP contribution in [0, 0.1) is 5.92 Å². The summed E-state index contributed by atoms with van der Waals surface area (Å²) in [7, 11) is 0. The Morgan fingerprint density at radius 2 is 1.86 bits per heavy atom. The van der Waals surface area contributed by atoms with Crippen LogP contribution in [-0.2, 0) is 0 Å². The molecule has 1 aliphatic heterocycles. The molecule has 3 atom stereocenters. The molecule has 0 bridgehead atoms. The first-order valence-corrected chi connectivity index (χ1v) is 8.70. The fourth-order valence-electron chi connectivity index (χ4n) is 4.31. The number of fused-ring (bicyclic) bond motifs is 1. The molecule has 0 radical (unpaired) electrons. The van der Waals surface area contributed by atoms with E-state index in [0.717, 1.165) is 19.4 Å². The van der Waals surface area contributed by atoms with Gasteiger partial charge in [-0.05, 0) is 29.9 Å². The Hall–Kier alpha value is -0.860. The molecule has 2 N–H and O–H groups in total. The molecule has 3 rings (SSSR count). The lowest BCUT2D eigenvalue weighted by Gasteiger charge is -2.45. The van der Waals surface area contributed by atoms with Crippen LogP contribution in [0.2, 0.25) is 0 Å². The summed E-state index contributed by atoms with van der Waals surface area (Å²) in [6.45, 7) is 5.50. The molecule has 116 valence electrons. The van der Waals surface area contributed by atoms with Crippen molar-refractivity contribution in [1.82, 2.24) is 5.32 Å². The first kappa shape index (κ1) is 15.1. The molecule has 2 heteroatoms. The molecule has 1 aromatic carbocycles. The molecule has 1 fully saturated rings. The van der Waals surface area contributed by atoms with Gasteiger partial charge in [0.2, 0.25) is 0 Å². The van der Waals surface area contributed by atoms with Gasteiger partial charge in [-0.25, -0.2) is 0 Å². The van der Waals surface area contributed by atoms with Gasteiger partial charge >= 0.3 is 0 Å². The first-order valence-electron chi connectivity index (χ1n) is 8.70. The summed E-state index contributed by atoms with van der Waals surface area (Å²) in [5, 5.41) is 14.9. The monoisotopic (exact) mass is 287 g/mol. The average Bonchev–Trinajstić information content (AvgIpc) is 2.53. The number of aliphatic hydroxyl groups is 1. The highest BCUT2D eigenvalue weighted by Crippen LogP contribution is 2.45. The van der Waals surface area contributed by atoms with E-state index in [9.17, 15) is 5.11 Å². The number of hydrogen-bond acceptors (Lipinski definition) is 2. The predicted octanol–water partition coefficient (Wildman–Crippen LogP) is 4.16. The maximum Gasteiger partial charge on any atom is 0.0728 e. The molecule has 0 saturated heterocycles. The maximum atomic E-state index is 11.2. The van der Waals surface area contributed by atoms with E-state index in [0.29, 0.717) is 12.0 Å². The fraction of sp³-hybridized carbons (Fsp3) is 0.684. The molecule has 21 heavy (non-hydrogen) atoms. The third-order valence-corrected chi connectivity index (χ3v) is 5.83. The Balaban J connectivity index is 1.94. The number of hydrogen-bond donors (Lipinski definition) is 2. The quantitative estimate of drug-likeness (QED) is 0.875. The molecule has 2 nitrogen and oxygen atoms in total. The summed E-state index contributed by atoms with van der Waals surface area (Å²) in [5.41, 5.74) is 2.31. The lowest BCUT2D eigenvalue weighted by molar-refractivity contribution is -0.0253. The van der Waals surface area contributed by atoms with Gasteiger partial charge in [0.1, 0.15) is 0 Å². The second-order valence-corrected chi connectivity index (χ2v) is 7.12. The number of nitrogens with one attached hydrogen (secondary N) is 1. The normalized spacial score (nSPS) is 29.7. The van der Waals surface area contributed by atoms with Gasteiger partial charge < -0.3 is 10.4 Å². The molecule has 3 unspecified atom stereocenters. The highest BCUT2D eigenvalue weighted by Gasteiger charge is 2.42. The maximum absolute atomic E-state index is 11.2. The Morgan fingerprint density at radius 1 is 1.19 bits per heavy atom. The van der Waals surface area contributed by atoms with Crippen LogP contribution in [0.1, 0.15) is 75.5 Å². The summed E-state index contributed by atoms with van der Waals surface area (Å²) in [6.07, 6.45) is 6.72. The van der Waals surface area contributed by atoms with E-state index in [1.807, 2.05) is 0 Å². The zero-order chi connectivity index (χ0) is 14.9. The van der Waals surface area contributed by atoms with Crippen LogP contribution in [0.25, 0.3) is 0 Å². The average molecular weight is 287 g/mol. The third kappa shape index (κ3) is 2.76. The minimum absolute atomic E-state index is 0.259. The van der Waals surface area contributed by atoms with Gasteiger partial charge in [0.15, 0.2) is 0 Å². The van der Waals surface area contributed by atoms with Gasteiger partial charge in [-0.1, -0.05) is 63.8 Å². The van der Waals surface area contributed by atoms with E-state index in [1.54, 1.807) is 0 Å². The molecule has 1 aromatic rings. The largest absolute Gasteiger partial charge is 0.389 e. The van der Waals surface area contributed by atoms with Crippen molar-refractivity contribution in [1.29, 1.82) is 0 Å². The lowest BCUT2D eigenvalue weighted by Crippen LogP contribution is -2.47. The Labute approximate surface area is 129 Å². The Morgan fingerprint density at radius 3 is 2.52 bits per heavy atom. The number of benzene rings is 1. The third-order valence-electron chi connectivity index (χ3n) is 5.83. The van der Waals surface area contributed by atoms with E-state index >= 15 is 0 Å². The lowest BCUT2D eigenvalue weighted by atomic mass is 9.69. The topological polar surface area (TPSA) is 32.3 Å². The predicted molar refractivity (Wildman–Crippen MR) is 87.4 cm³/mol. The van der Waals surface area contributed by atoms with Crippen LogP contribution in [0.4, 0.5) is 0 Å². The molecule has 0 amide bonds. The van der Waals surface area contributed by atoms with Crippen LogP contribution >= 0.6 is 0 Å². The zero-order valence-corrected chi connectivity index (χ0v) is 13.4. The second-order valence-electron chi connectivity index (χ2n) is 7.12. The number of rotatable bonds is 3. The standard InChI is InChI=1S/C19H29NO/c1-3-14(2)18-16-10-6-5-9-15(16)17(13-20-18)19(21)11-7-4-8-12-19/h5-6,9-10,14,17-18,20-21H,3-4,7-8,11-13H2,1-2H3. The SMILES string of the molecule is CCC(C)C1NCC(C2(O)CCCCC2)c2ccccc21. The first-order chi connectivity index (χ1) is 10.2. The van der Waals surface area contributed by atoms with Crippen molar-refractivity contribution >= 4 is 0 Å². The van der Waals surface area contributed by atoms with E-state index in [1.165, 1.54) is 36.8 Å². The zero-order valence-electron chi connectivity index (χ0n) is 13.4.